The molecule has 2 fully saturated rings. The fourth-order valence-corrected chi connectivity index (χ4v) is 3.96. The molecule has 2 aromatic carbocycles. The maximum atomic E-state index is 12.9. The second-order valence-corrected chi connectivity index (χ2v) is 7.33. The molecule has 0 saturated carbocycles. The average molecular weight is 394 g/mol. The zero-order valence-electron chi connectivity index (χ0n) is 15.9. The fraction of sp³-hybridized carbons (Fsp3) is 0.333. The molecule has 0 unspecified atom stereocenters. The maximum Gasteiger partial charge on any atom is 0.269 e. The van der Waals surface area contributed by atoms with E-state index in [1.807, 2.05) is 35.2 Å². The van der Waals surface area contributed by atoms with E-state index < -0.39 is 4.92 Å². The van der Waals surface area contributed by atoms with E-state index in [9.17, 15) is 19.7 Å². The van der Waals surface area contributed by atoms with Gasteiger partial charge in [0, 0.05) is 62.7 Å². The molecule has 2 heterocycles. The van der Waals surface area contributed by atoms with Gasteiger partial charge in [-0.3, -0.25) is 19.7 Å². The summed E-state index contributed by atoms with van der Waals surface area (Å²) in [6, 6.07) is 15.9. The largest absolute Gasteiger partial charge is 0.368 e. The zero-order chi connectivity index (χ0) is 20.4. The fourth-order valence-electron chi connectivity index (χ4n) is 3.96. The number of benzene rings is 2. The molecular formula is C21H22N4O4. The van der Waals surface area contributed by atoms with Gasteiger partial charge in [-0.05, 0) is 24.3 Å². The minimum absolute atomic E-state index is 0.0148. The smallest absolute Gasteiger partial charge is 0.269 e. The lowest BCUT2D eigenvalue weighted by atomic mass is 10.1. The first-order valence-corrected chi connectivity index (χ1v) is 9.66. The average Bonchev–Trinajstić information content (AvgIpc) is 3.15. The standard InChI is InChI=1S/C21H22N4O4/c26-20-14-16(15-24(20)18-4-2-1-3-5-18)21(27)23-12-10-22(11-13-23)17-6-8-19(9-7-17)25(28)29/h1-9,16H,10-15H2/t16-/m1/s1. The van der Waals surface area contributed by atoms with Crippen molar-refractivity contribution in [1.82, 2.24) is 4.90 Å². The molecule has 0 aromatic heterocycles. The van der Waals surface area contributed by atoms with E-state index in [-0.39, 0.29) is 29.8 Å². The summed E-state index contributed by atoms with van der Waals surface area (Å²) in [5, 5.41) is 10.8. The van der Waals surface area contributed by atoms with Crippen LogP contribution in [0.5, 0.6) is 0 Å². The Morgan fingerprint density at radius 3 is 2.21 bits per heavy atom. The molecule has 29 heavy (non-hydrogen) atoms. The van der Waals surface area contributed by atoms with Crippen molar-refractivity contribution in [2.24, 2.45) is 5.92 Å². The molecule has 0 aliphatic carbocycles. The molecule has 2 amide bonds. The highest BCUT2D eigenvalue weighted by atomic mass is 16.6. The number of anilines is 2. The second-order valence-electron chi connectivity index (χ2n) is 7.33. The number of nitro groups is 1. The third-order valence-corrected chi connectivity index (χ3v) is 5.56. The summed E-state index contributed by atoms with van der Waals surface area (Å²) in [4.78, 5) is 41.3. The Labute approximate surface area is 168 Å². The van der Waals surface area contributed by atoms with Gasteiger partial charge in [0.15, 0.2) is 0 Å². The Morgan fingerprint density at radius 2 is 1.59 bits per heavy atom. The summed E-state index contributed by atoms with van der Waals surface area (Å²) in [6.07, 6.45) is 0.246. The number of carbonyl (C=O) groups is 2. The molecule has 4 rings (SSSR count). The van der Waals surface area contributed by atoms with E-state index >= 15 is 0 Å². The monoisotopic (exact) mass is 394 g/mol. The Bertz CT molecular complexity index is 908. The summed E-state index contributed by atoms with van der Waals surface area (Å²) in [5.41, 5.74) is 1.81. The lowest BCUT2D eigenvalue weighted by Gasteiger charge is -2.37. The predicted octanol–water partition coefficient (Wildman–Crippen LogP) is 2.30. The lowest BCUT2D eigenvalue weighted by molar-refractivity contribution is -0.384. The molecule has 2 aliphatic rings. The van der Waals surface area contributed by atoms with Crippen molar-refractivity contribution in [3.05, 3.63) is 64.7 Å². The van der Waals surface area contributed by atoms with Crippen LogP contribution in [0.25, 0.3) is 0 Å². The second kappa shape index (κ2) is 7.90. The van der Waals surface area contributed by atoms with Crippen molar-refractivity contribution in [3.63, 3.8) is 0 Å². The van der Waals surface area contributed by atoms with Crippen LogP contribution in [-0.2, 0) is 9.59 Å². The van der Waals surface area contributed by atoms with E-state index in [4.69, 9.17) is 0 Å². The number of nitrogens with zero attached hydrogens (tertiary/aromatic N) is 4. The number of non-ortho nitro benzene ring substituents is 1. The van der Waals surface area contributed by atoms with Crippen molar-refractivity contribution in [2.45, 2.75) is 6.42 Å². The molecule has 8 nitrogen and oxygen atoms in total. The first-order chi connectivity index (χ1) is 14.0. The predicted molar refractivity (Wildman–Crippen MR) is 109 cm³/mol. The molecule has 0 spiro atoms. The molecule has 2 aromatic rings. The Balaban J connectivity index is 1.34. The minimum atomic E-state index is -0.415. The first-order valence-electron chi connectivity index (χ1n) is 9.66. The first kappa shape index (κ1) is 18.9. The van der Waals surface area contributed by atoms with Gasteiger partial charge in [0.1, 0.15) is 0 Å². The number of carbonyl (C=O) groups excluding carboxylic acids is 2. The third-order valence-electron chi connectivity index (χ3n) is 5.56. The van der Waals surface area contributed by atoms with E-state index in [1.54, 1.807) is 17.0 Å². The number of para-hydroxylation sites is 1. The number of hydrogen-bond acceptors (Lipinski definition) is 5. The molecule has 0 N–H and O–H groups in total. The molecule has 8 heteroatoms. The van der Waals surface area contributed by atoms with Crippen LogP contribution >= 0.6 is 0 Å². The van der Waals surface area contributed by atoms with E-state index in [2.05, 4.69) is 4.90 Å². The van der Waals surface area contributed by atoms with Gasteiger partial charge < -0.3 is 14.7 Å². The minimum Gasteiger partial charge on any atom is -0.368 e. The molecule has 2 saturated heterocycles. The highest BCUT2D eigenvalue weighted by molar-refractivity contribution is 6.00. The van der Waals surface area contributed by atoms with Gasteiger partial charge in [-0.15, -0.1) is 0 Å². The quantitative estimate of drug-likeness (QED) is 0.587. The van der Waals surface area contributed by atoms with E-state index in [1.165, 1.54) is 12.1 Å². The van der Waals surface area contributed by atoms with Gasteiger partial charge in [0.25, 0.3) is 5.69 Å². The van der Waals surface area contributed by atoms with Crippen LogP contribution in [0.4, 0.5) is 17.1 Å². The van der Waals surface area contributed by atoms with Crippen LogP contribution in [0.1, 0.15) is 6.42 Å². The number of nitro benzene ring substituents is 1. The number of piperazine rings is 1. The van der Waals surface area contributed by atoms with Crippen LogP contribution in [0, 0.1) is 16.0 Å². The maximum absolute atomic E-state index is 12.9. The highest BCUT2D eigenvalue weighted by Crippen LogP contribution is 2.27. The van der Waals surface area contributed by atoms with E-state index in [0.29, 0.717) is 32.7 Å². The van der Waals surface area contributed by atoms with Gasteiger partial charge in [-0.1, -0.05) is 18.2 Å². The molecule has 0 radical (unpaired) electrons. The summed E-state index contributed by atoms with van der Waals surface area (Å²) in [6.45, 7) is 2.89. The lowest BCUT2D eigenvalue weighted by Crippen LogP contribution is -2.50. The summed E-state index contributed by atoms with van der Waals surface area (Å²) in [7, 11) is 0. The molecule has 2 aliphatic heterocycles. The third kappa shape index (κ3) is 3.91. The summed E-state index contributed by atoms with van der Waals surface area (Å²) >= 11 is 0. The summed E-state index contributed by atoms with van der Waals surface area (Å²) < 4.78 is 0. The summed E-state index contributed by atoms with van der Waals surface area (Å²) in [5.74, 6) is -0.298. The van der Waals surface area contributed by atoms with E-state index in [0.717, 1.165) is 11.4 Å². The van der Waals surface area contributed by atoms with Crippen molar-refractivity contribution >= 4 is 28.9 Å². The van der Waals surface area contributed by atoms with Crippen LogP contribution < -0.4 is 9.80 Å². The molecular weight excluding hydrogens is 372 g/mol. The topological polar surface area (TPSA) is 87.0 Å². The van der Waals surface area contributed by atoms with Crippen LogP contribution in [0.3, 0.4) is 0 Å². The normalized spacial score (nSPS) is 19.5. The van der Waals surface area contributed by atoms with Crippen LogP contribution in [0.15, 0.2) is 54.6 Å². The van der Waals surface area contributed by atoms with Gasteiger partial charge in [0.05, 0.1) is 10.8 Å². The molecule has 0 bridgehead atoms. The Morgan fingerprint density at radius 1 is 0.931 bits per heavy atom. The van der Waals surface area contributed by atoms with Crippen molar-refractivity contribution in [1.29, 1.82) is 0 Å². The van der Waals surface area contributed by atoms with Crippen molar-refractivity contribution in [2.75, 3.05) is 42.5 Å². The Hall–Kier alpha value is -3.42. The zero-order valence-corrected chi connectivity index (χ0v) is 15.9. The van der Waals surface area contributed by atoms with Crippen LogP contribution in [0.2, 0.25) is 0 Å². The highest BCUT2D eigenvalue weighted by Gasteiger charge is 2.37. The van der Waals surface area contributed by atoms with Crippen LogP contribution in [-0.4, -0.2) is 54.4 Å². The van der Waals surface area contributed by atoms with Crippen molar-refractivity contribution < 1.29 is 14.5 Å². The molecule has 150 valence electrons. The number of amides is 2. The van der Waals surface area contributed by atoms with Gasteiger partial charge in [-0.25, -0.2) is 0 Å². The van der Waals surface area contributed by atoms with Crippen molar-refractivity contribution in [3.8, 4) is 0 Å². The molecule has 1 atom stereocenters. The number of hydrogen-bond donors (Lipinski definition) is 0. The SMILES string of the molecule is O=C([C@@H]1CC(=O)N(c2ccccc2)C1)N1CCN(c2ccc([N+](=O)[O-])cc2)CC1. The van der Waals surface area contributed by atoms with Gasteiger partial charge in [-0.2, -0.15) is 0 Å². The Kier molecular flexibility index (Phi) is 5.16. The van der Waals surface area contributed by atoms with Gasteiger partial charge in [0.2, 0.25) is 11.8 Å². The van der Waals surface area contributed by atoms with Gasteiger partial charge >= 0.3 is 0 Å². The number of rotatable bonds is 4.